The normalized spacial score (nSPS) is 20.7. The van der Waals surface area contributed by atoms with Gasteiger partial charge in [0.25, 0.3) is 0 Å². The Balaban J connectivity index is 0.00000220. The zero-order valence-corrected chi connectivity index (χ0v) is 23.2. The Labute approximate surface area is 226 Å². The van der Waals surface area contributed by atoms with Crippen LogP contribution in [0, 0.1) is 5.92 Å². The Morgan fingerprint density at radius 2 is 1.89 bits per heavy atom. The van der Waals surface area contributed by atoms with Gasteiger partial charge in [-0.25, -0.2) is 22.8 Å². The van der Waals surface area contributed by atoms with Gasteiger partial charge in [0.05, 0.1) is 12.3 Å². The van der Waals surface area contributed by atoms with E-state index in [-0.39, 0.29) is 27.1 Å². The first kappa shape index (κ1) is 26.6. The van der Waals surface area contributed by atoms with E-state index >= 15 is 0 Å². The van der Waals surface area contributed by atoms with E-state index in [9.17, 15) is 12.8 Å². The third-order valence-corrected chi connectivity index (χ3v) is 8.54. The van der Waals surface area contributed by atoms with Gasteiger partial charge in [-0.3, -0.25) is 0 Å². The number of nitrogens with one attached hydrogen (secondary N) is 2. The number of nitrogens with zero attached hydrogens (tertiary/aromatic N) is 5. The summed E-state index contributed by atoms with van der Waals surface area (Å²) in [6.07, 6.45) is 4.56. The molecule has 1 aromatic carbocycles. The number of alkyl halides is 1. The third kappa shape index (κ3) is 5.68. The summed E-state index contributed by atoms with van der Waals surface area (Å²) in [5, 5.41) is 8.49. The second-order valence-electron chi connectivity index (χ2n) is 10.8. The number of aromatic nitrogens is 3. The van der Waals surface area contributed by atoms with Gasteiger partial charge in [0.15, 0.2) is 0 Å². The molecule has 5 rings (SSSR count). The van der Waals surface area contributed by atoms with Gasteiger partial charge in [-0.15, -0.1) is 0 Å². The predicted molar refractivity (Wildman–Crippen MR) is 155 cm³/mol. The van der Waals surface area contributed by atoms with Gasteiger partial charge in [0.1, 0.15) is 27.6 Å². The summed E-state index contributed by atoms with van der Waals surface area (Å²) in [7, 11) is -1.20. The van der Waals surface area contributed by atoms with Crippen molar-refractivity contribution >= 4 is 43.9 Å². The molecule has 2 saturated heterocycles. The number of benzene rings is 1. The molecule has 2 fully saturated rings. The molecule has 3 aromatic rings. The Morgan fingerprint density at radius 1 is 1.11 bits per heavy atom. The van der Waals surface area contributed by atoms with Crippen molar-refractivity contribution in [3.63, 3.8) is 0 Å². The fourth-order valence-electron chi connectivity index (χ4n) is 5.51. The van der Waals surface area contributed by atoms with Crippen molar-refractivity contribution in [3.05, 3.63) is 42.2 Å². The van der Waals surface area contributed by atoms with Gasteiger partial charge in [-0.05, 0) is 48.5 Å². The quantitative estimate of drug-likeness (QED) is 0.435. The highest BCUT2D eigenvalue weighted by Crippen LogP contribution is 2.37. The Kier molecular flexibility index (Phi) is 7.41. The molecule has 0 bridgehead atoms. The molecule has 2 aliphatic heterocycles. The highest BCUT2D eigenvalue weighted by atomic mass is 32.2. The number of fused-ring (bicyclic) bond motifs is 1. The van der Waals surface area contributed by atoms with Crippen molar-refractivity contribution in [1.29, 1.82) is 0 Å². The minimum Gasteiger partial charge on any atom is -0.370 e. The molecule has 2 aliphatic rings. The number of piperidine rings is 1. The van der Waals surface area contributed by atoms with Crippen molar-refractivity contribution in [3.8, 4) is 0 Å². The summed E-state index contributed by atoms with van der Waals surface area (Å²) in [6.45, 7) is 6.72. The van der Waals surface area contributed by atoms with Crippen LogP contribution in [0.15, 0.2) is 36.7 Å². The number of sulfone groups is 1. The molecule has 208 valence electrons. The lowest BCUT2D eigenvalue weighted by atomic mass is 9.93. The zero-order valence-electron chi connectivity index (χ0n) is 22.4. The summed E-state index contributed by atoms with van der Waals surface area (Å²) >= 11 is 0. The Hall–Kier alpha value is -3.05. The van der Waals surface area contributed by atoms with Crippen LogP contribution in [0.5, 0.6) is 0 Å². The lowest BCUT2D eigenvalue weighted by Crippen LogP contribution is -2.50. The number of halogens is 1. The van der Waals surface area contributed by atoms with Crippen LogP contribution in [0.2, 0.25) is 0 Å². The second kappa shape index (κ2) is 10.6. The molecule has 38 heavy (non-hydrogen) atoms. The summed E-state index contributed by atoms with van der Waals surface area (Å²) in [5.41, 5.74) is 2.29. The summed E-state index contributed by atoms with van der Waals surface area (Å²) in [6, 6.07) is 7.96. The molecule has 0 spiro atoms. The Morgan fingerprint density at radius 3 is 2.58 bits per heavy atom. The largest absolute Gasteiger partial charge is 0.370 e. The minimum atomic E-state index is -2.98. The van der Waals surface area contributed by atoms with E-state index in [2.05, 4.69) is 56.5 Å². The number of hydrogen-bond acceptors (Lipinski definition) is 9. The minimum absolute atomic E-state index is 0. The molecule has 4 heterocycles. The third-order valence-electron chi connectivity index (χ3n) is 7.46. The van der Waals surface area contributed by atoms with Gasteiger partial charge >= 0.3 is 0 Å². The van der Waals surface area contributed by atoms with E-state index in [1.807, 2.05) is 17.2 Å². The van der Waals surface area contributed by atoms with E-state index in [1.165, 1.54) is 11.8 Å². The Bertz CT molecular complexity index is 1420. The van der Waals surface area contributed by atoms with Gasteiger partial charge in [0, 0.05) is 64.2 Å². The number of pyridine rings is 1. The van der Waals surface area contributed by atoms with Crippen LogP contribution in [0.3, 0.4) is 0 Å². The molecular formula is C27H40FN7O2S. The topological polar surface area (TPSA) is 103 Å². The van der Waals surface area contributed by atoms with Crippen LogP contribution in [0.4, 0.5) is 27.7 Å². The molecule has 2 aromatic heterocycles. The average Bonchev–Trinajstić information content (AvgIpc) is 2.85. The molecule has 2 atom stereocenters. The van der Waals surface area contributed by atoms with E-state index < -0.39 is 16.0 Å². The van der Waals surface area contributed by atoms with E-state index in [0.717, 1.165) is 29.5 Å². The average molecular weight is 546 g/mol. The highest BCUT2D eigenvalue weighted by molar-refractivity contribution is 7.90. The lowest BCUT2D eigenvalue weighted by Gasteiger charge is -2.41. The lowest BCUT2D eigenvalue weighted by molar-refractivity contribution is 0.226. The standard InChI is InChI=1S/C27H36FN7O2S.2H2/c1-17(2)19-5-6-24(35-13-18(14-35)16-38(4,36)37)21-12-31-26(11-20(19)21)32-25-7-9-30-27(33-25)34-10-8-23(29-3)22(28)15-34;;/h5-7,9,11-12,17-18,22-23,29H,8,10,13-16H2,1-4H3,(H,30,31,32,33);2*1H/t22-,23+;;/m0../s1. The number of rotatable bonds is 8. The molecule has 9 nitrogen and oxygen atoms in total. The van der Waals surface area contributed by atoms with Crippen molar-refractivity contribution in [2.45, 2.75) is 38.4 Å². The number of anilines is 4. The summed E-state index contributed by atoms with van der Waals surface area (Å²) in [5.74, 6) is 2.45. The van der Waals surface area contributed by atoms with E-state index in [4.69, 9.17) is 0 Å². The van der Waals surface area contributed by atoms with Gasteiger partial charge < -0.3 is 20.4 Å². The van der Waals surface area contributed by atoms with Crippen LogP contribution in [0.25, 0.3) is 10.8 Å². The first-order valence-corrected chi connectivity index (χ1v) is 15.2. The predicted octanol–water partition coefficient (Wildman–Crippen LogP) is 4.00. The molecule has 0 saturated carbocycles. The van der Waals surface area contributed by atoms with Crippen molar-refractivity contribution in [2.24, 2.45) is 5.92 Å². The second-order valence-corrected chi connectivity index (χ2v) is 13.0. The molecule has 2 N–H and O–H groups in total. The van der Waals surface area contributed by atoms with Crippen molar-refractivity contribution in [1.82, 2.24) is 20.3 Å². The fourth-order valence-corrected chi connectivity index (χ4v) is 6.57. The molecule has 0 aliphatic carbocycles. The van der Waals surface area contributed by atoms with Crippen molar-refractivity contribution in [2.75, 3.05) is 60.4 Å². The van der Waals surface area contributed by atoms with Crippen LogP contribution >= 0.6 is 0 Å². The van der Waals surface area contributed by atoms with Gasteiger partial charge in [-0.2, -0.15) is 4.98 Å². The van der Waals surface area contributed by atoms with E-state index in [1.54, 1.807) is 19.3 Å². The molecule has 0 radical (unpaired) electrons. The fraction of sp³-hybridized carbons (Fsp3) is 0.519. The van der Waals surface area contributed by atoms with Gasteiger partial charge in [0.2, 0.25) is 5.95 Å². The van der Waals surface area contributed by atoms with Crippen molar-refractivity contribution < 1.29 is 15.7 Å². The zero-order chi connectivity index (χ0) is 27.0. The summed E-state index contributed by atoms with van der Waals surface area (Å²) in [4.78, 5) is 17.8. The van der Waals surface area contributed by atoms with Crippen LogP contribution in [-0.4, -0.2) is 80.8 Å². The smallest absolute Gasteiger partial charge is 0.227 e. The van der Waals surface area contributed by atoms with E-state index in [0.29, 0.717) is 36.5 Å². The SMILES string of the molecule is CN[C@@H]1CCN(c2nccc(Nc3cc4c(C(C)C)ccc(N5CC(CS(C)(=O)=O)C5)c4cn3)n2)C[C@@H]1F.[HH].[HH]. The van der Waals surface area contributed by atoms with Crippen LogP contribution in [-0.2, 0) is 9.84 Å². The first-order chi connectivity index (χ1) is 18.1. The van der Waals surface area contributed by atoms with Gasteiger partial charge in [-0.1, -0.05) is 19.9 Å². The molecule has 11 heteroatoms. The molecule has 0 amide bonds. The first-order valence-electron chi connectivity index (χ1n) is 13.1. The highest BCUT2D eigenvalue weighted by Gasteiger charge is 2.31. The summed E-state index contributed by atoms with van der Waals surface area (Å²) < 4.78 is 37.8. The molecular weight excluding hydrogens is 505 g/mol. The maximum atomic E-state index is 14.5. The maximum Gasteiger partial charge on any atom is 0.227 e. The van der Waals surface area contributed by atoms with Crippen LogP contribution < -0.4 is 20.4 Å². The van der Waals surface area contributed by atoms with Crippen LogP contribution in [0.1, 0.15) is 34.6 Å². The monoisotopic (exact) mass is 545 g/mol. The maximum absolute atomic E-state index is 14.5. The molecule has 0 unspecified atom stereocenters. The number of hydrogen-bond donors (Lipinski definition) is 2.